The number of nitrogens with zero attached hydrogens (tertiary/aromatic N) is 4. The van der Waals surface area contributed by atoms with Crippen LogP contribution in [-0.4, -0.2) is 73.7 Å². The molecule has 10 heteroatoms. The van der Waals surface area contributed by atoms with Crippen molar-refractivity contribution in [3.8, 4) is 11.5 Å². The summed E-state index contributed by atoms with van der Waals surface area (Å²) in [5.41, 5.74) is 1.58. The van der Waals surface area contributed by atoms with E-state index in [0.29, 0.717) is 48.1 Å². The molecule has 0 spiro atoms. The largest absolute Gasteiger partial charge is 0.497 e. The maximum atomic E-state index is 13.2. The quantitative estimate of drug-likeness (QED) is 0.684. The standard InChI is InChI=1S/C20H28N4O5S/c1-6-24-15(3)19(14(2)21-24)30(26,27)23-9-7-22(8-10-23)20(25)16-11-17(28-4)13-18(12-16)29-5/h11-13H,6-10H2,1-5H3. The molecule has 0 radical (unpaired) electrons. The molecule has 9 nitrogen and oxygen atoms in total. The molecular weight excluding hydrogens is 408 g/mol. The number of amides is 1. The zero-order valence-electron chi connectivity index (χ0n) is 18.0. The molecule has 0 saturated carbocycles. The van der Waals surface area contributed by atoms with E-state index in [4.69, 9.17) is 9.47 Å². The van der Waals surface area contributed by atoms with Crippen LogP contribution in [-0.2, 0) is 16.6 Å². The average Bonchev–Trinajstić information content (AvgIpc) is 3.06. The van der Waals surface area contributed by atoms with Crippen LogP contribution in [0.5, 0.6) is 11.5 Å². The molecule has 1 saturated heterocycles. The van der Waals surface area contributed by atoms with Gasteiger partial charge in [0.05, 0.1) is 25.6 Å². The highest BCUT2D eigenvalue weighted by Crippen LogP contribution is 2.26. The zero-order chi connectivity index (χ0) is 22.1. The van der Waals surface area contributed by atoms with Gasteiger partial charge in [0.15, 0.2) is 0 Å². The highest BCUT2D eigenvalue weighted by atomic mass is 32.2. The molecule has 1 fully saturated rings. The lowest BCUT2D eigenvalue weighted by molar-refractivity contribution is 0.0697. The van der Waals surface area contributed by atoms with Gasteiger partial charge < -0.3 is 14.4 Å². The maximum Gasteiger partial charge on any atom is 0.254 e. The van der Waals surface area contributed by atoms with E-state index < -0.39 is 10.0 Å². The van der Waals surface area contributed by atoms with Crippen LogP contribution in [0.2, 0.25) is 0 Å². The minimum absolute atomic E-state index is 0.185. The number of ether oxygens (including phenoxy) is 2. The third-order valence-corrected chi connectivity index (χ3v) is 7.49. The summed E-state index contributed by atoms with van der Waals surface area (Å²) in [6, 6.07) is 5.00. The number of hydrogen-bond acceptors (Lipinski definition) is 6. The van der Waals surface area contributed by atoms with Gasteiger partial charge in [-0.15, -0.1) is 0 Å². The van der Waals surface area contributed by atoms with Gasteiger partial charge in [-0.2, -0.15) is 9.40 Å². The monoisotopic (exact) mass is 436 g/mol. The molecular formula is C20H28N4O5S. The summed E-state index contributed by atoms with van der Waals surface area (Å²) in [4.78, 5) is 14.9. The van der Waals surface area contributed by atoms with E-state index in [1.54, 1.807) is 41.6 Å². The average molecular weight is 437 g/mol. The predicted octanol–water partition coefficient (Wildman–Crippen LogP) is 1.68. The van der Waals surface area contributed by atoms with Crippen LogP contribution in [0, 0.1) is 13.8 Å². The van der Waals surface area contributed by atoms with Crippen molar-refractivity contribution in [3.63, 3.8) is 0 Å². The Morgan fingerprint density at radius 2 is 1.60 bits per heavy atom. The lowest BCUT2D eigenvalue weighted by atomic mass is 10.1. The number of aryl methyl sites for hydroxylation is 2. The summed E-state index contributed by atoms with van der Waals surface area (Å²) >= 11 is 0. The number of rotatable bonds is 6. The molecule has 1 amide bonds. The first-order valence-electron chi connectivity index (χ1n) is 9.79. The van der Waals surface area contributed by atoms with Gasteiger partial charge >= 0.3 is 0 Å². The van der Waals surface area contributed by atoms with E-state index in [1.807, 2.05) is 6.92 Å². The second-order valence-electron chi connectivity index (χ2n) is 7.11. The van der Waals surface area contributed by atoms with Crippen molar-refractivity contribution in [1.82, 2.24) is 19.0 Å². The number of benzene rings is 1. The van der Waals surface area contributed by atoms with E-state index in [0.717, 1.165) is 0 Å². The normalized spacial score (nSPS) is 15.3. The number of hydrogen-bond donors (Lipinski definition) is 0. The highest BCUT2D eigenvalue weighted by Gasteiger charge is 2.34. The molecule has 0 aliphatic carbocycles. The van der Waals surface area contributed by atoms with Crippen LogP contribution in [0.4, 0.5) is 0 Å². The topological polar surface area (TPSA) is 94.0 Å². The first-order valence-corrected chi connectivity index (χ1v) is 11.2. The summed E-state index contributed by atoms with van der Waals surface area (Å²) in [7, 11) is -0.625. The molecule has 2 aromatic rings. The van der Waals surface area contributed by atoms with E-state index in [1.165, 1.54) is 18.5 Å². The first-order chi connectivity index (χ1) is 14.2. The van der Waals surface area contributed by atoms with Crippen LogP contribution in [0.3, 0.4) is 0 Å². The zero-order valence-corrected chi connectivity index (χ0v) is 18.8. The molecule has 0 unspecified atom stereocenters. The fourth-order valence-electron chi connectivity index (χ4n) is 3.74. The molecule has 2 heterocycles. The number of piperazine rings is 1. The Hall–Kier alpha value is -2.59. The Morgan fingerprint density at radius 3 is 2.07 bits per heavy atom. The van der Waals surface area contributed by atoms with Gasteiger partial charge in [0, 0.05) is 44.4 Å². The van der Waals surface area contributed by atoms with Crippen molar-refractivity contribution in [2.45, 2.75) is 32.2 Å². The Bertz CT molecular complexity index is 1020. The van der Waals surface area contributed by atoms with Crippen LogP contribution in [0.25, 0.3) is 0 Å². The second-order valence-corrected chi connectivity index (χ2v) is 8.99. The summed E-state index contributed by atoms with van der Waals surface area (Å²) < 4.78 is 40.0. The molecule has 1 aromatic carbocycles. The minimum atomic E-state index is -3.68. The molecule has 3 rings (SSSR count). The second kappa shape index (κ2) is 8.65. The lowest BCUT2D eigenvalue weighted by Gasteiger charge is -2.34. The fourth-order valence-corrected chi connectivity index (χ4v) is 5.53. The summed E-state index contributed by atoms with van der Waals surface area (Å²) in [5.74, 6) is 0.867. The Kier molecular flexibility index (Phi) is 6.37. The van der Waals surface area contributed by atoms with E-state index in [-0.39, 0.29) is 23.9 Å². The van der Waals surface area contributed by atoms with Gasteiger partial charge in [0.1, 0.15) is 16.4 Å². The predicted molar refractivity (Wildman–Crippen MR) is 112 cm³/mol. The van der Waals surface area contributed by atoms with Crippen LogP contribution >= 0.6 is 0 Å². The third-order valence-electron chi connectivity index (χ3n) is 5.34. The van der Waals surface area contributed by atoms with Crippen molar-refractivity contribution in [2.24, 2.45) is 0 Å². The smallest absolute Gasteiger partial charge is 0.254 e. The van der Waals surface area contributed by atoms with Gasteiger partial charge in [-0.25, -0.2) is 8.42 Å². The van der Waals surface area contributed by atoms with E-state index in [9.17, 15) is 13.2 Å². The van der Waals surface area contributed by atoms with Crippen molar-refractivity contribution in [2.75, 3.05) is 40.4 Å². The van der Waals surface area contributed by atoms with Crippen molar-refractivity contribution in [3.05, 3.63) is 35.2 Å². The molecule has 164 valence electrons. The van der Waals surface area contributed by atoms with Gasteiger partial charge in [-0.1, -0.05) is 0 Å². The molecule has 0 atom stereocenters. The van der Waals surface area contributed by atoms with Gasteiger partial charge in [-0.3, -0.25) is 9.48 Å². The summed E-state index contributed by atoms with van der Waals surface area (Å²) in [6.45, 7) is 7.07. The molecule has 0 bridgehead atoms. The van der Waals surface area contributed by atoms with Gasteiger partial charge in [-0.05, 0) is 32.9 Å². The minimum Gasteiger partial charge on any atom is -0.497 e. The van der Waals surface area contributed by atoms with E-state index in [2.05, 4.69) is 5.10 Å². The van der Waals surface area contributed by atoms with Crippen molar-refractivity contribution < 1.29 is 22.7 Å². The molecule has 1 aliphatic rings. The van der Waals surface area contributed by atoms with Gasteiger partial charge in [0.25, 0.3) is 5.91 Å². The summed E-state index contributed by atoms with van der Waals surface area (Å²) in [6.07, 6.45) is 0. The van der Waals surface area contributed by atoms with Gasteiger partial charge in [0.2, 0.25) is 10.0 Å². The SMILES string of the molecule is CCn1nc(C)c(S(=O)(=O)N2CCN(C(=O)c3cc(OC)cc(OC)c3)CC2)c1C. The number of aromatic nitrogens is 2. The first kappa shape index (κ1) is 22.1. The lowest BCUT2D eigenvalue weighted by Crippen LogP contribution is -2.50. The number of methoxy groups -OCH3 is 2. The molecule has 30 heavy (non-hydrogen) atoms. The molecule has 0 N–H and O–H groups in total. The Labute approximate surface area is 177 Å². The number of carbonyl (C=O) groups excluding carboxylic acids is 1. The number of sulfonamides is 1. The number of carbonyl (C=O) groups is 1. The Balaban J connectivity index is 1.76. The van der Waals surface area contributed by atoms with Crippen molar-refractivity contribution in [1.29, 1.82) is 0 Å². The van der Waals surface area contributed by atoms with Crippen LogP contribution in [0.1, 0.15) is 28.7 Å². The van der Waals surface area contributed by atoms with Crippen LogP contribution < -0.4 is 9.47 Å². The highest BCUT2D eigenvalue weighted by molar-refractivity contribution is 7.89. The molecule has 1 aliphatic heterocycles. The fraction of sp³-hybridized carbons (Fsp3) is 0.500. The Morgan fingerprint density at radius 1 is 1.03 bits per heavy atom. The van der Waals surface area contributed by atoms with Crippen molar-refractivity contribution >= 4 is 15.9 Å². The third kappa shape index (κ3) is 4.01. The van der Waals surface area contributed by atoms with Crippen LogP contribution in [0.15, 0.2) is 23.1 Å². The summed E-state index contributed by atoms with van der Waals surface area (Å²) in [5, 5.41) is 4.33. The maximum absolute atomic E-state index is 13.2. The van der Waals surface area contributed by atoms with E-state index >= 15 is 0 Å². The molecule has 1 aromatic heterocycles.